The van der Waals surface area contributed by atoms with Gasteiger partial charge in [0.05, 0.1) is 6.61 Å². The summed E-state index contributed by atoms with van der Waals surface area (Å²) in [5, 5.41) is 3.35. The molecule has 3 N–H and O–H groups in total. The third-order valence-corrected chi connectivity index (χ3v) is 2.73. The van der Waals surface area contributed by atoms with Crippen LogP contribution in [0.5, 0.6) is 5.75 Å². The molecule has 0 unspecified atom stereocenters. The van der Waals surface area contributed by atoms with Crippen LogP contribution in [0.1, 0.15) is 12.5 Å². The Labute approximate surface area is 113 Å². The molecule has 0 aliphatic carbocycles. The van der Waals surface area contributed by atoms with Crippen molar-refractivity contribution >= 4 is 11.4 Å². The summed E-state index contributed by atoms with van der Waals surface area (Å²) in [6, 6.07) is 9.75. The van der Waals surface area contributed by atoms with Gasteiger partial charge in [-0.15, -0.1) is 0 Å². The van der Waals surface area contributed by atoms with E-state index >= 15 is 0 Å². The van der Waals surface area contributed by atoms with Crippen LogP contribution in [-0.4, -0.2) is 18.1 Å². The van der Waals surface area contributed by atoms with Gasteiger partial charge in [0.15, 0.2) is 0 Å². The second-order valence-electron chi connectivity index (χ2n) is 4.26. The van der Waals surface area contributed by atoms with E-state index in [4.69, 9.17) is 10.5 Å². The van der Waals surface area contributed by atoms with E-state index in [1.165, 1.54) is 5.56 Å². The second-order valence-corrected chi connectivity index (χ2v) is 4.26. The smallest absolute Gasteiger partial charge is 0.123 e. The predicted octanol–water partition coefficient (Wildman–Crippen LogP) is 2.72. The minimum Gasteiger partial charge on any atom is -0.494 e. The molecule has 0 spiro atoms. The minimum absolute atomic E-state index is 0.639. The molecule has 100 valence electrons. The Morgan fingerprint density at radius 2 is 2.00 bits per heavy atom. The molecule has 0 amide bonds. The SMILES string of the molecule is CCOc1cc(N)cc(NCCc2ccncc2)c1. The van der Waals surface area contributed by atoms with Crippen LogP contribution in [0, 0.1) is 0 Å². The Morgan fingerprint density at radius 1 is 1.21 bits per heavy atom. The van der Waals surface area contributed by atoms with Crippen LogP contribution in [0.2, 0.25) is 0 Å². The molecule has 0 radical (unpaired) electrons. The van der Waals surface area contributed by atoms with Crippen LogP contribution in [0.25, 0.3) is 0 Å². The molecule has 0 bridgehead atoms. The van der Waals surface area contributed by atoms with E-state index in [9.17, 15) is 0 Å². The molecule has 4 nitrogen and oxygen atoms in total. The van der Waals surface area contributed by atoms with Gasteiger partial charge in [-0.25, -0.2) is 0 Å². The molecule has 0 aliphatic rings. The average Bonchev–Trinajstić information content (AvgIpc) is 2.40. The largest absolute Gasteiger partial charge is 0.494 e. The maximum atomic E-state index is 5.84. The predicted molar refractivity (Wildman–Crippen MR) is 78.5 cm³/mol. The minimum atomic E-state index is 0.639. The molecule has 0 saturated heterocycles. The third-order valence-electron chi connectivity index (χ3n) is 2.73. The number of nitrogens with one attached hydrogen (secondary N) is 1. The Hall–Kier alpha value is -2.23. The Balaban J connectivity index is 1.92. The lowest BCUT2D eigenvalue weighted by Gasteiger charge is -2.10. The van der Waals surface area contributed by atoms with Crippen LogP contribution >= 0.6 is 0 Å². The highest BCUT2D eigenvalue weighted by molar-refractivity contribution is 5.59. The fourth-order valence-electron chi connectivity index (χ4n) is 1.87. The molecule has 0 fully saturated rings. The van der Waals surface area contributed by atoms with Crippen molar-refractivity contribution in [2.75, 3.05) is 24.2 Å². The summed E-state index contributed by atoms with van der Waals surface area (Å²) in [5.41, 5.74) is 8.79. The highest BCUT2D eigenvalue weighted by Gasteiger charge is 1.99. The van der Waals surface area contributed by atoms with E-state index in [1.54, 1.807) is 0 Å². The molecular weight excluding hydrogens is 238 g/mol. The molecule has 4 heteroatoms. The molecule has 0 saturated carbocycles. The lowest BCUT2D eigenvalue weighted by molar-refractivity contribution is 0.340. The molecule has 2 rings (SSSR count). The summed E-state index contributed by atoms with van der Waals surface area (Å²) < 4.78 is 5.46. The van der Waals surface area contributed by atoms with E-state index in [1.807, 2.05) is 49.6 Å². The normalized spacial score (nSPS) is 10.2. The summed E-state index contributed by atoms with van der Waals surface area (Å²) >= 11 is 0. The van der Waals surface area contributed by atoms with Gasteiger partial charge < -0.3 is 15.8 Å². The maximum Gasteiger partial charge on any atom is 0.123 e. The average molecular weight is 257 g/mol. The molecular formula is C15H19N3O. The first-order valence-corrected chi connectivity index (χ1v) is 6.44. The van der Waals surface area contributed by atoms with Crippen LogP contribution in [0.4, 0.5) is 11.4 Å². The van der Waals surface area contributed by atoms with Gasteiger partial charge in [0.2, 0.25) is 0 Å². The van der Waals surface area contributed by atoms with Crippen molar-refractivity contribution < 1.29 is 4.74 Å². The number of rotatable bonds is 6. The highest BCUT2D eigenvalue weighted by atomic mass is 16.5. The highest BCUT2D eigenvalue weighted by Crippen LogP contribution is 2.22. The lowest BCUT2D eigenvalue weighted by Crippen LogP contribution is -2.05. The van der Waals surface area contributed by atoms with E-state index in [0.29, 0.717) is 12.3 Å². The third kappa shape index (κ3) is 4.17. The van der Waals surface area contributed by atoms with E-state index in [-0.39, 0.29) is 0 Å². The van der Waals surface area contributed by atoms with Gasteiger partial charge in [-0.05, 0) is 37.1 Å². The van der Waals surface area contributed by atoms with Crippen LogP contribution in [-0.2, 0) is 6.42 Å². The first-order chi connectivity index (χ1) is 9.28. The second kappa shape index (κ2) is 6.64. The summed E-state index contributed by atoms with van der Waals surface area (Å²) in [4.78, 5) is 4.00. The van der Waals surface area contributed by atoms with Gasteiger partial charge in [0.1, 0.15) is 5.75 Å². The topological polar surface area (TPSA) is 60.2 Å². The Bertz CT molecular complexity index is 514. The monoisotopic (exact) mass is 257 g/mol. The number of anilines is 2. The standard InChI is InChI=1S/C15H19N3O/c1-2-19-15-10-13(16)9-14(11-15)18-8-5-12-3-6-17-7-4-12/h3-4,6-7,9-11,18H,2,5,8,16H2,1H3. The number of aromatic nitrogens is 1. The van der Waals surface area contributed by atoms with Crippen molar-refractivity contribution in [3.63, 3.8) is 0 Å². The molecule has 0 atom stereocenters. The van der Waals surface area contributed by atoms with E-state index in [2.05, 4.69) is 10.3 Å². The molecule has 2 aromatic rings. The van der Waals surface area contributed by atoms with E-state index < -0.39 is 0 Å². The number of hydrogen-bond acceptors (Lipinski definition) is 4. The molecule has 1 aromatic heterocycles. The maximum absolute atomic E-state index is 5.84. The van der Waals surface area contributed by atoms with Gasteiger partial charge in [-0.1, -0.05) is 0 Å². The first kappa shape index (κ1) is 13.2. The number of benzene rings is 1. The van der Waals surface area contributed by atoms with Gasteiger partial charge in [-0.2, -0.15) is 0 Å². The van der Waals surface area contributed by atoms with Gasteiger partial charge >= 0.3 is 0 Å². The Morgan fingerprint density at radius 3 is 2.74 bits per heavy atom. The van der Waals surface area contributed by atoms with E-state index in [0.717, 1.165) is 24.4 Å². The summed E-state index contributed by atoms with van der Waals surface area (Å²) in [5.74, 6) is 0.800. The summed E-state index contributed by atoms with van der Waals surface area (Å²) in [7, 11) is 0. The summed E-state index contributed by atoms with van der Waals surface area (Å²) in [6.07, 6.45) is 4.56. The van der Waals surface area contributed by atoms with Crippen molar-refractivity contribution in [2.24, 2.45) is 0 Å². The number of ether oxygens (including phenoxy) is 1. The number of pyridine rings is 1. The first-order valence-electron chi connectivity index (χ1n) is 6.44. The zero-order valence-corrected chi connectivity index (χ0v) is 11.1. The lowest BCUT2D eigenvalue weighted by atomic mass is 10.2. The zero-order valence-electron chi connectivity index (χ0n) is 11.1. The number of nitrogens with two attached hydrogens (primary N) is 1. The van der Waals surface area contributed by atoms with Crippen molar-refractivity contribution in [1.82, 2.24) is 4.98 Å². The summed E-state index contributed by atoms with van der Waals surface area (Å²) in [6.45, 7) is 3.44. The quantitative estimate of drug-likeness (QED) is 0.781. The fraction of sp³-hybridized carbons (Fsp3) is 0.267. The molecule has 1 heterocycles. The van der Waals surface area contributed by atoms with Gasteiger partial charge in [-0.3, -0.25) is 4.98 Å². The van der Waals surface area contributed by atoms with Crippen molar-refractivity contribution in [1.29, 1.82) is 0 Å². The van der Waals surface area contributed by atoms with Crippen molar-refractivity contribution in [2.45, 2.75) is 13.3 Å². The zero-order chi connectivity index (χ0) is 13.5. The van der Waals surface area contributed by atoms with Crippen molar-refractivity contribution in [3.05, 3.63) is 48.3 Å². The van der Waals surface area contributed by atoms with Gasteiger partial charge in [0, 0.05) is 42.4 Å². The molecule has 19 heavy (non-hydrogen) atoms. The van der Waals surface area contributed by atoms with Crippen LogP contribution in [0.15, 0.2) is 42.7 Å². The van der Waals surface area contributed by atoms with Crippen molar-refractivity contribution in [3.8, 4) is 5.75 Å². The molecule has 1 aromatic carbocycles. The number of nitrogens with zero attached hydrogens (tertiary/aromatic N) is 1. The van der Waals surface area contributed by atoms with Gasteiger partial charge in [0.25, 0.3) is 0 Å². The number of hydrogen-bond donors (Lipinski definition) is 2. The fourth-order valence-corrected chi connectivity index (χ4v) is 1.87. The van der Waals surface area contributed by atoms with Crippen LogP contribution < -0.4 is 15.8 Å². The van der Waals surface area contributed by atoms with Crippen LogP contribution in [0.3, 0.4) is 0 Å². The number of nitrogen functional groups attached to an aromatic ring is 1. The Kier molecular flexibility index (Phi) is 4.61. The molecule has 0 aliphatic heterocycles.